The minimum absolute atomic E-state index is 0.615. The van der Waals surface area contributed by atoms with Crippen molar-refractivity contribution in [3.63, 3.8) is 0 Å². The lowest BCUT2D eigenvalue weighted by Crippen LogP contribution is -1.97. The van der Waals surface area contributed by atoms with Gasteiger partial charge in [0, 0.05) is 5.56 Å². The molecule has 0 spiro atoms. The zero-order valence-electron chi connectivity index (χ0n) is 10.2. The second kappa shape index (κ2) is 7.13. The molecule has 0 aromatic carbocycles. The van der Waals surface area contributed by atoms with Crippen LogP contribution in [0, 0.1) is 5.92 Å². The predicted molar refractivity (Wildman–Crippen MR) is 71.2 cm³/mol. The first-order valence-electron chi connectivity index (χ1n) is 5.77. The van der Waals surface area contributed by atoms with E-state index >= 15 is 0 Å². The molecule has 0 radical (unpaired) electrons. The zero-order valence-corrected chi connectivity index (χ0v) is 11.7. The fraction of sp³-hybridized carbons (Fsp3) is 0.667. The van der Waals surface area contributed by atoms with Crippen LogP contribution in [-0.4, -0.2) is 15.7 Å². The highest BCUT2D eigenvalue weighted by Gasteiger charge is 2.09. The molecule has 0 aliphatic rings. The third-order valence-electron chi connectivity index (χ3n) is 2.29. The predicted octanol–water partition coefficient (Wildman–Crippen LogP) is 4.22. The van der Waals surface area contributed by atoms with Crippen molar-refractivity contribution in [3.05, 3.63) is 17.0 Å². The number of halogens is 1. The van der Waals surface area contributed by atoms with E-state index in [-0.39, 0.29) is 0 Å². The summed E-state index contributed by atoms with van der Waals surface area (Å²) >= 11 is 7.88. The van der Waals surface area contributed by atoms with Crippen LogP contribution in [0.5, 0.6) is 0 Å². The summed E-state index contributed by atoms with van der Waals surface area (Å²) in [5.41, 5.74) is 1.11. The molecule has 0 bridgehead atoms. The number of hydrogen-bond acceptors (Lipinski definition) is 3. The van der Waals surface area contributed by atoms with E-state index in [1.165, 1.54) is 6.42 Å². The molecular weight excluding hydrogens is 240 g/mol. The van der Waals surface area contributed by atoms with Gasteiger partial charge in [0.25, 0.3) is 0 Å². The summed E-state index contributed by atoms with van der Waals surface area (Å²) in [7, 11) is 0. The third kappa shape index (κ3) is 4.30. The van der Waals surface area contributed by atoms with Crippen LogP contribution in [0.1, 0.15) is 39.2 Å². The Bertz CT molecular complexity index is 329. The molecule has 0 aliphatic carbocycles. The Labute approximate surface area is 107 Å². The Morgan fingerprint density at radius 3 is 2.75 bits per heavy atom. The molecule has 2 nitrogen and oxygen atoms in total. The Morgan fingerprint density at radius 1 is 1.38 bits per heavy atom. The third-order valence-corrected chi connectivity index (χ3v) is 3.68. The van der Waals surface area contributed by atoms with Crippen LogP contribution in [-0.2, 0) is 6.42 Å². The summed E-state index contributed by atoms with van der Waals surface area (Å²) < 4.78 is 0. The van der Waals surface area contributed by atoms with Crippen molar-refractivity contribution in [2.45, 2.75) is 45.1 Å². The number of aromatic nitrogens is 2. The summed E-state index contributed by atoms with van der Waals surface area (Å²) in [6.45, 7) is 6.62. The highest BCUT2D eigenvalue weighted by Crippen LogP contribution is 2.27. The molecule has 90 valence electrons. The average molecular weight is 259 g/mol. The van der Waals surface area contributed by atoms with Crippen LogP contribution < -0.4 is 0 Å². The number of hydrogen-bond donors (Lipinski definition) is 0. The van der Waals surface area contributed by atoms with Gasteiger partial charge in [-0.2, -0.15) is 0 Å². The second-order valence-corrected chi connectivity index (χ2v) is 5.67. The van der Waals surface area contributed by atoms with Crippen molar-refractivity contribution in [3.8, 4) is 0 Å². The van der Waals surface area contributed by atoms with Gasteiger partial charge < -0.3 is 0 Å². The second-order valence-electron chi connectivity index (χ2n) is 4.23. The van der Waals surface area contributed by atoms with Gasteiger partial charge in [-0.3, -0.25) is 0 Å². The van der Waals surface area contributed by atoms with Crippen LogP contribution in [0.25, 0.3) is 0 Å². The first-order chi connectivity index (χ1) is 7.65. The van der Waals surface area contributed by atoms with Gasteiger partial charge in [0.15, 0.2) is 0 Å². The van der Waals surface area contributed by atoms with E-state index in [0.29, 0.717) is 5.15 Å². The maximum atomic E-state index is 6.09. The van der Waals surface area contributed by atoms with Gasteiger partial charge in [-0.15, -0.1) is 11.8 Å². The van der Waals surface area contributed by atoms with Crippen LogP contribution in [0.3, 0.4) is 0 Å². The first-order valence-corrected chi connectivity index (χ1v) is 7.13. The van der Waals surface area contributed by atoms with E-state index in [2.05, 4.69) is 30.7 Å². The molecule has 1 rings (SSSR count). The largest absolute Gasteiger partial charge is 0.230 e. The van der Waals surface area contributed by atoms with Gasteiger partial charge in [0.2, 0.25) is 0 Å². The molecule has 0 aliphatic heterocycles. The molecule has 4 heteroatoms. The van der Waals surface area contributed by atoms with Crippen LogP contribution in [0.4, 0.5) is 0 Å². The summed E-state index contributed by atoms with van der Waals surface area (Å²) in [5, 5.41) is 1.67. The molecule has 0 saturated heterocycles. The van der Waals surface area contributed by atoms with Crippen LogP contribution in [0.2, 0.25) is 5.15 Å². The van der Waals surface area contributed by atoms with Crippen molar-refractivity contribution in [2.75, 3.05) is 5.75 Å². The molecule has 0 fully saturated rings. The minimum Gasteiger partial charge on any atom is -0.230 e. The van der Waals surface area contributed by atoms with Crippen molar-refractivity contribution >= 4 is 23.4 Å². The van der Waals surface area contributed by atoms with E-state index in [1.54, 1.807) is 18.1 Å². The van der Waals surface area contributed by atoms with Gasteiger partial charge in [0.05, 0.1) is 0 Å². The maximum absolute atomic E-state index is 6.09. The molecule has 0 atom stereocenters. The topological polar surface area (TPSA) is 25.8 Å². The van der Waals surface area contributed by atoms with Crippen LogP contribution in [0.15, 0.2) is 11.4 Å². The molecule has 16 heavy (non-hydrogen) atoms. The van der Waals surface area contributed by atoms with Crippen LogP contribution >= 0.6 is 23.4 Å². The van der Waals surface area contributed by atoms with E-state index in [4.69, 9.17) is 11.6 Å². The maximum Gasteiger partial charge on any atom is 0.136 e. The SMILES string of the molecule is CCCc1c(Cl)ncnc1SCCC(C)C. The normalized spacial score (nSPS) is 11.1. The Balaban J connectivity index is 2.66. The van der Waals surface area contributed by atoms with E-state index in [1.807, 2.05) is 0 Å². The lowest BCUT2D eigenvalue weighted by molar-refractivity contribution is 0.631. The fourth-order valence-electron chi connectivity index (χ4n) is 1.35. The van der Waals surface area contributed by atoms with Gasteiger partial charge >= 0.3 is 0 Å². The molecule has 1 heterocycles. The lowest BCUT2D eigenvalue weighted by atomic mass is 10.2. The molecule has 0 N–H and O–H groups in total. The van der Waals surface area contributed by atoms with Crippen molar-refractivity contribution in [1.82, 2.24) is 9.97 Å². The molecular formula is C12H19ClN2S. The molecule has 0 saturated carbocycles. The highest BCUT2D eigenvalue weighted by molar-refractivity contribution is 7.99. The summed E-state index contributed by atoms with van der Waals surface area (Å²) in [6, 6.07) is 0. The van der Waals surface area contributed by atoms with Gasteiger partial charge in [0.1, 0.15) is 16.5 Å². The summed E-state index contributed by atoms with van der Waals surface area (Å²) in [5.74, 6) is 1.83. The van der Waals surface area contributed by atoms with E-state index in [0.717, 1.165) is 35.1 Å². The first kappa shape index (κ1) is 13.8. The van der Waals surface area contributed by atoms with E-state index < -0.39 is 0 Å². The smallest absolute Gasteiger partial charge is 0.136 e. The highest BCUT2D eigenvalue weighted by atomic mass is 35.5. The van der Waals surface area contributed by atoms with Gasteiger partial charge in [-0.25, -0.2) is 9.97 Å². The molecule has 0 unspecified atom stereocenters. The van der Waals surface area contributed by atoms with Gasteiger partial charge in [-0.1, -0.05) is 38.8 Å². The Kier molecular flexibility index (Phi) is 6.14. The zero-order chi connectivity index (χ0) is 12.0. The number of nitrogens with zero attached hydrogens (tertiary/aromatic N) is 2. The Morgan fingerprint density at radius 2 is 2.12 bits per heavy atom. The van der Waals surface area contributed by atoms with Crippen molar-refractivity contribution in [2.24, 2.45) is 5.92 Å². The van der Waals surface area contributed by atoms with E-state index in [9.17, 15) is 0 Å². The average Bonchev–Trinajstić information content (AvgIpc) is 2.22. The van der Waals surface area contributed by atoms with Crippen molar-refractivity contribution in [1.29, 1.82) is 0 Å². The minimum atomic E-state index is 0.615. The monoisotopic (exact) mass is 258 g/mol. The summed E-state index contributed by atoms with van der Waals surface area (Å²) in [4.78, 5) is 8.36. The quantitative estimate of drug-likeness (QED) is 0.564. The summed E-state index contributed by atoms with van der Waals surface area (Å²) in [6.07, 6.45) is 4.80. The van der Waals surface area contributed by atoms with Crippen molar-refractivity contribution < 1.29 is 0 Å². The number of thioether (sulfide) groups is 1. The molecule has 1 aromatic heterocycles. The molecule has 1 aromatic rings. The lowest BCUT2D eigenvalue weighted by Gasteiger charge is -2.09. The standard InChI is InChI=1S/C12H19ClN2S/c1-4-5-10-11(13)14-8-15-12(10)16-7-6-9(2)3/h8-9H,4-7H2,1-3H3. The molecule has 0 amide bonds. The number of rotatable bonds is 6. The van der Waals surface area contributed by atoms with Gasteiger partial charge in [-0.05, 0) is 24.5 Å². The Hall–Kier alpha value is -0.280. The fourth-order valence-corrected chi connectivity index (χ4v) is 2.91.